The third-order valence-electron chi connectivity index (χ3n) is 2.56. The average Bonchev–Trinajstić information content (AvgIpc) is 2.33. The highest BCUT2D eigenvalue weighted by Crippen LogP contribution is 2.23. The normalized spacial score (nSPS) is 14.1. The van der Waals surface area contributed by atoms with E-state index < -0.39 is 17.2 Å². The molecular formula is C12H14F2N2S. The first-order valence-corrected chi connectivity index (χ1v) is 6.17. The molecule has 1 rings (SSSR count). The lowest BCUT2D eigenvalue weighted by atomic mass is 10.0. The van der Waals surface area contributed by atoms with Crippen molar-refractivity contribution in [2.75, 3.05) is 12.8 Å². The molecule has 1 aromatic carbocycles. The van der Waals surface area contributed by atoms with Crippen LogP contribution in [0.3, 0.4) is 0 Å². The SMILES string of the molecule is CNC(C)(C#N)CCSc1ccc(F)c(F)c1. The molecule has 0 spiro atoms. The van der Waals surface area contributed by atoms with Gasteiger partial charge in [0.15, 0.2) is 11.6 Å². The second-order valence-electron chi connectivity index (χ2n) is 3.87. The smallest absolute Gasteiger partial charge is 0.159 e. The van der Waals surface area contributed by atoms with Crippen molar-refractivity contribution < 1.29 is 8.78 Å². The van der Waals surface area contributed by atoms with E-state index in [1.54, 1.807) is 14.0 Å². The molecule has 0 fully saturated rings. The van der Waals surface area contributed by atoms with Crippen LogP contribution in [0, 0.1) is 23.0 Å². The summed E-state index contributed by atoms with van der Waals surface area (Å²) < 4.78 is 25.6. The molecule has 0 heterocycles. The van der Waals surface area contributed by atoms with Crippen molar-refractivity contribution in [1.29, 1.82) is 5.26 Å². The van der Waals surface area contributed by atoms with Crippen LogP contribution in [-0.4, -0.2) is 18.3 Å². The van der Waals surface area contributed by atoms with Crippen LogP contribution in [0.4, 0.5) is 8.78 Å². The molecule has 2 nitrogen and oxygen atoms in total. The van der Waals surface area contributed by atoms with Gasteiger partial charge in [-0.2, -0.15) is 5.26 Å². The molecule has 5 heteroatoms. The van der Waals surface area contributed by atoms with E-state index >= 15 is 0 Å². The molecule has 0 saturated carbocycles. The third kappa shape index (κ3) is 3.99. The molecule has 0 amide bonds. The standard InChI is InChI=1S/C12H14F2N2S/c1-12(8-15,16-2)5-6-17-9-3-4-10(13)11(14)7-9/h3-4,7,16H,5-6H2,1-2H3. The van der Waals surface area contributed by atoms with Gasteiger partial charge >= 0.3 is 0 Å². The zero-order valence-corrected chi connectivity index (χ0v) is 10.6. The molecule has 1 atom stereocenters. The van der Waals surface area contributed by atoms with Crippen molar-refractivity contribution in [3.05, 3.63) is 29.8 Å². The zero-order chi connectivity index (χ0) is 12.9. The molecule has 0 aliphatic carbocycles. The molecule has 0 aliphatic rings. The van der Waals surface area contributed by atoms with Gasteiger partial charge in [-0.1, -0.05) is 0 Å². The van der Waals surface area contributed by atoms with Gasteiger partial charge < -0.3 is 5.32 Å². The van der Waals surface area contributed by atoms with Gasteiger partial charge in [0, 0.05) is 10.6 Å². The summed E-state index contributed by atoms with van der Waals surface area (Å²) in [5.41, 5.74) is -0.578. The highest BCUT2D eigenvalue weighted by molar-refractivity contribution is 7.99. The Labute approximate surface area is 104 Å². The lowest BCUT2D eigenvalue weighted by Crippen LogP contribution is -2.38. The number of hydrogen-bond acceptors (Lipinski definition) is 3. The largest absolute Gasteiger partial charge is 0.303 e. The van der Waals surface area contributed by atoms with E-state index in [2.05, 4.69) is 11.4 Å². The van der Waals surface area contributed by atoms with E-state index in [0.717, 1.165) is 6.07 Å². The van der Waals surface area contributed by atoms with E-state index in [-0.39, 0.29) is 0 Å². The second-order valence-corrected chi connectivity index (χ2v) is 5.04. The lowest BCUT2D eigenvalue weighted by Gasteiger charge is -2.19. The van der Waals surface area contributed by atoms with Gasteiger partial charge in [-0.3, -0.25) is 0 Å². The first kappa shape index (κ1) is 13.9. The van der Waals surface area contributed by atoms with Gasteiger partial charge in [0.1, 0.15) is 5.54 Å². The number of nitrogens with one attached hydrogen (secondary N) is 1. The van der Waals surface area contributed by atoms with Gasteiger partial charge in [-0.05, 0) is 38.6 Å². The minimum Gasteiger partial charge on any atom is -0.303 e. The quantitative estimate of drug-likeness (QED) is 0.823. The molecule has 17 heavy (non-hydrogen) atoms. The summed E-state index contributed by atoms with van der Waals surface area (Å²) in [5.74, 6) is -1.02. The minimum absolute atomic E-state index is 0.578. The van der Waals surface area contributed by atoms with E-state index in [4.69, 9.17) is 5.26 Å². The monoisotopic (exact) mass is 256 g/mol. The number of benzene rings is 1. The Balaban J connectivity index is 2.52. The number of rotatable bonds is 5. The van der Waals surface area contributed by atoms with Crippen LogP contribution >= 0.6 is 11.8 Å². The van der Waals surface area contributed by atoms with Gasteiger partial charge in [-0.25, -0.2) is 8.78 Å². The highest BCUT2D eigenvalue weighted by atomic mass is 32.2. The van der Waals surface area contributed by atoms with E-state index in [9.17, 15) is 8.78 Å². The third-order valence-corrected chi connectivity index (χ3v) is 3.56. The molecule has 1 unspecified atom stereocenters. The summed E-state index contributed by atoms with van der Waals surface area (Å²) in [6.45, 7) is 1.80. The zero-order valence-electron chi connectivity index (χ0n) is 9.76. The first-order chi connectivity index (χ1) is 8.00. The molecule has 0 saturated heterocycles. The summed E-state index contributed by atoms with van der Waals surface area (Å²) in [7, 11) is 1.73. The van der Waals surface area contributed by atoms with Crippen LogP contribution in [0.1, 0.15) is 13.3 Å². The Hall–Kier alpha value is -1.12. The van der Waals surface area contributed by atoms with Crippen LogP contribution in [0.25, 0.3) is 0 Å². The maximum Gasteiger partial charge on any atom is 0.159 e. The van der Waals surface area contributed by atoms with Crippen molar-refractivity contribution in [2.45, 2.75) is 23.8 Å². The van der Waals surface area contributed by atoms with Crippen LogP contribution in [0.5, 0.6) is 0 Å². The van der Waals surface area contributed by atoms with E-state index in [1.807, 2.05) is 0 Å². The van der Waals surface area contributed by atoms with E-state index in [1.165, 1.54) is 23.9 Å². The Morgan fingerprint density at radius 1 is 1.41 bits per heavy atom. The van der Waals surface area contributed by atoms with Crippen LogP contribution in [0.2, 0.25) is 0 Å². The van der Waals surface area contributed by atoms with Crippen LogP contribution < -0.4 is 5.32 Å². The predicted molar refractivity (Wildman–Crippen MR) is 64.8 cm³/mol. The Morgan fingerprint density at radius 3 is 2.65 bits per heavy atom. The van der Waals surface area contributed by atoms with Gasteiger partial charge in [0.05, 0.1) is 6.07 Å². The molecule has 1 N–H and O–H groups in total. The van der Waals surface area contributed by atoms with Crippen LogP contribution in [0.15, 0.2) is 23.1 Å². The van der Waals surface area contributed by atoms with Crippen LogP contribution in [-0.2, 0) is 0 Å². The fourth-order valence-corrected chi connectivity index (χ4v) is 2.27. The Morgan fingerprint density at radius 2 is 2.12 bits per heavy atom. The first-order valence-electron chi connectivity index (χ1n) is 5.19. The summed E-state index contributed by atoms with van der Waals surface area (Å²) in [4.78, 5) is 0.667. The number of hydrogen-bond donors (Lipinski definition) is 1. The molecule has 0 aromatic heterocycles. The van der Waals surface area contributed by atoms with Crippen molar-refractivity contribution >= 4 is 11.8 Å². The average molecular weight is 256 g/mol. The maximum atomic E-state index is 12.9. The predicted octanol–water partition coefficient (Wildman–Crippen LogP) is 2.95. The van der Waals surface area contributed by atoms with Crippen molar-refractivity contribution in [2.24, 2.45) is 0 Å². The summed E-state index contributed by atoms with van der Waals surface area (Å²) >= 11 is 1.40. The topological polar surface area (TPSA) is 35.8 Å². The number of thioether (sulfide) groups is 1. The summed E-state index contributed by atoms with van der Waals surface area (Å²) in [5, 5.41) is 11.9. The number of halogens is 2. The fraction of sp³-hybridized carbons (Fsp3) is 0.417. The molecule has 0 bridgehead atoms. The summed E-state index contributed by atoms with van der Waals surface area (Å²) in [6.07, 6.45) is 0.629. The van der Waals surface area contributed by atoms with Crippen molar-refractivity contribution in [1.82, 2.24) is 5.32 Å². The van der Waals surface area contributed by atoms with Gasteiger partial charge in [0.2, 0.25) is 0 Å². The maximum absolute atomic E-state index is 12.9. The lowest BCUT2D eigenvalue weighted by molar-refractivity contribution is 0.479. The van der Waals surface area contributed by atoms with Gasteiger partial charge in [0.25, 0.3) is 0 Å². The van der Waals surface area contributed by atoms with Crippen molar-refractivity contribution in [3.8, 4) is 6.07 Å². The Bertz CT molecular complexity index is 431. The number of nitriles is 1. The molecular weight excluding hydrogens is 242 g/mol. The fourth-order valence-electron chi connectivity index (χ4n) is 1.18. The Kier molecular flexibility index (Phi) is 4.91. The molecule has 0 aliphatic heterocycles. The number of nitrogens with zero attached hydrogens (tertiary/aromatic N) is 1. The molecule has 0 radical (unpaired) electrons. The van der Waals surface area contributed by atoms with E-state index in [0.29, 0.717) is 17.1 Å². The molecule has 92 valence electrons. The second kappa shape index (κ2) is 5.99. The minimum atomic E-state index is -0.841. The summed E-state index contributed by atoms with van der Waals surface area (Å²) in [6, 6.07) is 5.99. The highest BCUT2D eigenvalue weighted by Gasteiger charge is 2.20. The van der Waals surface area contributed by atoms with Gasteiger partial charge in [-0.15, -0.1) is 11.8 Å². The molecule has 1 aromatic rings. The van der Waals surface area contributed by atoms with Crippen molar-refractivity contribution in [3.63, 3.8) is 0 Å².